The van der Waals surface area contributed by atoms with Crippen molar-refractivity contribution in [3.05, 3.63) is 11.8 Å². The molecule has 0 aromatic carbocycles. The number of anilines is 1. The van der Waals surface area contributed by atoms with Crippen molar-refractivity contribution in [2.24, 2.45) is 0 Å². The van der Waals surface area contributed by atoms with E-state index >= 15 is 0 Å². The Hall–Kier alpha value is -1.53. The fourth-order valence-electron chi connectivity index (χ4n) is 1.14. The van der Waals surface area contributed by atoms with Gasteiger partial charge in [0, 0.05) is 12.0 Å². The molecule has 0 aliphatic carbocycles. The Morgan fingerprint density at radius 1 is 1.56 bits per heavy atom. The van der Waals surface area contributed by atoms with Crippen LogP contribution in [0.4, 0.5) is 19.0 Å². The van der Waals surface area contributed by atoms with Crippen LogP contribution >= 0.6 is 0 Å². The normalized spacial score (nSPS) is 11.5. The minimum atomic E-state index is -4.31. The number of carbonyl (C=O) groups excluding carboxylic acids is 1. The molecule has 1 aromatic rings. The van der Waals surface area contributed by atoms with Crippen LogP contribution in [0.3, 0.4) is 0 Å². The standard InChI is InChI=1S/C9H12F3N3O/c1-2-6-5-13-15-8(6)14-7(16)3-4-9(10,11)12/h5H,2-4H2,1H3,(H2,13,14,15,16). The summed E-state index contributed by atoms with van der Waals surface area (Å²) in [5.74, 6) is -0.300. The lowest BCUT2D eigenvalue weighted by molar-refractivity contribution is -0.142. The number of alkyl halides is 3. The second-order valence-corrected chi connectivity index (χ2v) is 3.29. The van der Waals surface area contributed by atoms with E-state index in [1.54, 1.807) is 0 Å². The second-order valence-electron chi connectivity index (χ2n) is 3.29. The molecule has 1 amide bonds. The van der Waals surface area contributed by atoms with E-state index in [2.05, 4.69) is 15.5 Å². The molecule has 0 unspecified atom stereocenters. The molecule has 0 aliphatic rings. The van der Waals surface area contributed by atoms with Gasteiger partial charge in [-0.1, -0.05) is 6.92 Å². The zero-order valence-electron chi connectivity index (χ0n) is 8.69. The highest BCUT2D eigenvalue weighted by Crippen LogP contribution is 2.21. The first-order valence-corrected chi connectivity index (χ1v) is 4.81. The third-order valence-corrected chi connectivity index (χ3v) is 2.00. The number of carbonyl (C=O) groups is 1. The van der Waals surface area contributed by atoms with E-state index in [0.29, 0.717) is 12.2 Å². The van der Waals surface area contributed by atoms with E-state index < -0.39 is 24.9 Å². The van der Waals surface area contributed by atoms with Crippen molar-refractivity contribution < 1.29 is 18.0 Å². The number of hydrogen-bond donors (Lipinski definition) is 2. The molecule has 7 heteroatoms. The molecule has 90 valence electrons. The van der Waals surface area contributed by atoms with Gasteiger partial charge in [-0.15, -0.1) is 0 Å². The monoisotopic (exact) mass is 235 g/mol. The Labute approximate surface area is 90.2 Å². The lowest BCUT2D eigenvalue weighted by atomic mass is 10.2. The molecule has 1 aromatic heterocycles. The highest BCUT2D eigenvalue weighted by molar-refractivity contribution is 5.90. The van der Waals surface area contributed by atoms with Gasteiger partial charge >= 0.3 is 6.18 Å². The maximum absolute atomic E-state index is 11.8. The fourth-order valence-corrected chi connectivity index (χ4v) is 1.14. The number of nitrogens with zero attached hydrogens (tertiary/aromatic N) is 1. The summed E-state index contributed by atoms with van der Waals surface area (Å²) in [4.78, 5) is 11.2. The molecular weight excluding hydrogens is 223 g/mol. The summed E-state index contributed by atoms with van der Waals surface area (Å²) >= 11 is 0. The molecule has 0 bridgehead atoms. The van der Waals surface area contributed by atoms with Crippen molar-refractivity contribution in [3.8, 4) is 0 Å². The quantitative estimate of drug-likeness (QED) is 0.840. The van der Waals surface area contributed by atoms with E-state index in [4.69, 9.17) is 0 Å². The summed E-state index contributed by atoms with van der Waals surface area (Å²) in [7, 11) is 0. The van der Waals surface area contributed by atoms with Gasteiger partial charge in [-0.05, 0) is 6.42 Å². The number of halogens is 3. The van der Waals surface area contributed by atoms with Gasteiger partial charge in [0.2, 0.25) is 5.91 Å². The van der Waals surface area contributed by atoms with Crippen molar-refractivity contribution in [2.75, 3.05) is 5.32 Å². The second kappa shape index (κ2) is 5.00. The molecule has 0 radical (unpaired) electrons. The predicted molar refractivity (Wildman–Crippen MR) is 51.9 cm³/mol. The average molecular weight is 235 g/mol. The molecule has 1 heterocycles. The maximum atomic E-state index is 11.8. The highest BCUT2D eigenvalue weighted by Gasteiger charge is 2.28. The fraction of sp³-hybridized carbons (Fsp3) is 0.556. The van der Waals surface area contributed by atoms with Gasteiger partial charge in [-0.25, -0.2) is 0 Å². The SMILES string of the molecule is CCc1cn[nH]c1NC(=O)CCC(F)(F)F. The molecule has 0 saturated heterocycles. The topological polar surface area (TPSA) is 57.8 Å². The minimum absolute atomic E-state index is 0.370. The number of aromatic amines is 1. The number of aromatic nitrogens is 2. The molecule has 0 saturated carbocycles. The van der Waals surface area contributed by atoms with E-state index in [1.165, 1.54) is 6.20 Å². The number of aryl methyl sites for hydroxylation is 1. The van der Waals surface area contributed by atoms with Gasteiger partial charge in [-0.2, -0.15) is 18.3 Å². The van der Waals surface area contributed by atoms with Crippen molar-refractivity contribution in [2.45, 2.75) is 32.4 Å². The Bertz CT molecular complexity index is 359. The Morgan fingerprint density at radius 2 is 2.25 bits per heavy atom. The largest absolute Gasteiger partial charge is 0.389 e. The van der Waals surface area contributed by atoms with Crippen LogP contribution in [0.5, 0.6) is 0 Å². The summed E-state index contributed by atoms with van der Waals surface area (Å²) in [5, 5.41) is 8.57. The highest BCUT2D eigenvalue weighted by atomic mass is 19.4. The summed E-state index contributed by atoms with van der Waals surface area (Å²) < 4.78 is 35.5. The van der Waals surface area contributed by atoms with Crippen molar-refractivity contribution in [1.29, 1.82) is 0 Å². The third-order valence-electron chi connectivity index (χ3n) is 2.00. The first-order chi connectivity index (χ1) is 7.42. The first kappa shape index (κ1) is 12.5. The average Bonchev–Trinajstić information content (AvgIpc) is 2.61. The van der Waals surface area contributed by atoms with Gasteiger partial charge in [0.15, 0.2) is 0 Å². The van der Waals surface area contributed by atoms with E-state index in [0.717, 1.165) is 5.56 Å². The zero-order chi connectivity index (χ0) is 12.2. The molecule has 16 heavy (non-hydrogen) atoms. The van der Waals surface area contributed by atoms with Gasteiger partial charge < -0.3 is 5.32 Å². The molecule has 4 nitrogen and oxygen atoms in total. The van der Waals surface area contributed by atoms with Crippen LogP contribution < -0.4 is 5.32 Å². The van der Waals surface area contributed by atoms with Gasteiger partial charge in [0.25, 0.3) is 0 Å². The number of amides is 1. The lowest BCUT2D eigenvalue weighted by Gasteiger charge is -2.06. The molecule has 0 atom stereocenters. The van der Waals surface area contributed by atoms with Gasteiger partial charge in [0.05, 0.1) is 12.6 Å². The van der Waals surface area contributed by atoms with Crippen LogP contribution in [0, 0.1) is 0 Å². The first-order valence-electron chi connectivity index (χ1n) is 4.81. The van der Waals surface area contributed by atoms with Crippen LogP contribution in [0.15, 0.2) is 6.20 Å². The lowest BCUT2D eigenvalue weighted by Crippen LogP contribution is -2.17. The van der Waals surface area contributed by atoms with Crippen LogP contribution in [0.25, 0.3) is 0 Å². The molecule has 2 N–H and O–H groups in total. The summed E-state index contributed by atoms with van der Waals surface area (Å²) in [5.41, 5.74) is 0.764. The van der Waals surface area contributed by atoms with Crippen molar-refractivity contribution in [3.63, 3.8) is 0 Å². The number of nitrogens with one attached hydrogen (secondary N) is 2. The molecule has 0 fully saturated rings. The zero-order valence-corrected chi connectivity index (χ0v) is 8.69. The molecule has 0 spiro atoms. The Balaban J connectivity index is 2.46. The Kier molecular flexibility index (Phi) is 3.92. The number of H-pyrrole nitrogens is 1. The maximum Gasteiger partial charge on any atom is 0.389 e. The summed E-state index contributed by atoms with van der Waals surface area (Å²) in [6, 6.07) is 0. The predicted octanol–water partition coefficient (Wildman–Crippen LogP) is 2.25. The summed E-state index contributed by atoms with van der Waals surface area (Å²) in [6.45, 7) is 1.86. The van der Waals surface area contributed by atoms with Crippen LogP contribution in [0.2, 0.25) is 0 Å². The smallest absolute Gasteiger partial charge is 0.311 e. The van der Waals surface area contributed by atoms with Crippen LogP contribution in [-0.4, -0.2) is 22.3 Å². The molecule has 1 rings (SSSR count). The van der Waals surface area contributed by atoms with Gasteiger partial charge in [-0.3, -0.25) is 9.89 Å². The van der Waals surface area contributed by atoms with Crippen molar-refractivity contribution >= 4 is 11.7 Å². The van der Waals surface area contributed by atoms with Gasteiger partial charge in [0.1, 0.15) is 5.82 Å². The van der Waals surface area contributed by atoms with E-state index in [-0.39, 0.29) is 0 Å². The van der Waals surface area contributed by atoms with Crippen LogP contribution in [-0.2, 0) is 11.2 Å². The molecule has 0 aliphatic heterocycles. The summed E-state index contributed by atoms with van der Waals surface area (Å²) in [6.07, 6.45) is -3.83. The Morgan fingerprint density at radius 3 is 2.81 bits per heavy atom. The van der Waals surface area contributed by atoms with Crippen molar-refractivity contribution in [1.82, 2.24) is 10.2 Å². The number of hydrogen-bond acceptors (Lipinski definition) is 2. The molecular formula is C9H12F3N3O. The third kappa shape index (κ3) is 3.92. The van der Waals surface area contributed by atoms with E-state index in [9.17, 15) is 18.0 Å². The number of rotatable bonds is 4. The van der Waals surface area contributed by atoms with Crippen LogP contribution in [0.1, 0.15) is 25.3 Å². The minimum Gasteiger partial charge on any atom is -0.311 e. The van der Waals surface area contributed by atoms with E-state index in [1.807, 2.05) is 6.92 Å².